The highest BCUT2D eigenvalue weighted by Gasteiger charge is 2.35. The molecule has 0 aliphatic heterocycles. The van der Waals surface area contributed by atoms with Gasteiger partial charge in [-0.1, -0.05) is 57.7 Å². The number of ether oxygens (including phenoxy) is 1. The molecule has 0 saturated carbocycles. The Balaban J connectivity index is 3.14. The topological polar surface area (TPSA) is 35.5 Å². The highest BCUT2D eigenvalue weighted by atomic mass is 28.4. The summed E-state index contributed by atoms with van der Waals surface area (Å²) in [6, 6.07) is 12.9. The predicted octanol–water partition coefficient (Wildman–Crippen LogP) is 4.48. The minimum Gasteiger partial charge on any atom is -0.466 e. The molecule has 3 nitrogen and oxygen atoms in total. The largest absolute Gasteiger partial charge is 0.466 e. The van der Waals surface area contributed by atoms with Crippen molar-refractivity contribution >= 4 is 14.3 Å². The Morgan fingerprint density at radius 1 is 1.14 bits per heavy atom. The Hall–Kier alpha value is -1.39. The number of esters is 1. The molecule has 0 radical (unpaired) electrons. The monoisotopic (exact) mass is 306 g/mol. The first-order valence-corrected chi connectivity index (χ1v) is 10.1. The van der Waals surface area contributed by atoms with E-state index in [-0.39, 0.29) is 0 Å². The minimum atomic E-state index is -1.85. The van der Waals surface area contributed by atoms with E-state index in [1.54, 1.807) is 0 Å². The third kappa shape index (κ3) is 4.28. The summed E-state index contributed by atoms with van der Waals surface area (Å²) in [7, 11) is -0.479. The van der Waals surface area contributed by atoms with Gasteiger partial charge in [0.15, 0.2) is 8.32 Å². The summed E-state index contributed by atoms with van der Waals surface area (Å²) in [5.41, 5.74) is 1.33. The average molecular weight is 306 g/mol. The standard InChI is InChI=1S/C17H26O3Si/c1-6-21(7-2,8-3)20-16(14(4)17(18)19-5)15-12-10-9-11-13-15/h9-13,16H,4,6-8H2,1-3,5H3. The Bertz CT molecular complexity index is 458. The second-order valence-corrected chi connectivity index (χ2v) is 9.89. The maximum Gasteiger partial charge on any atom is 0.336 e. The third-order valence-corrected chi connectivity index (χ3v) is 8.77. The lowest BCUT2D eigenvalue weighted by molar-refractivity contribution is -0.137. The van der Waals surface area contributed by atoms with Gasteiger partial charge in [-0.05, 0) is 23.7 Å². The summed E-state index contributed by atoms with van der Waals surface area (Å²) in [4.78, 5) is 11.9. The summed E-state index contributed by atoms with van der Waals surface area (Å²) in [6.45, 7) is 10.4. The van der Waals surface area contributed by atoms with E-state index in [9.17, 15) is 4.79 Å². The van der Waals surface area contributed by atoms with Crippen molar-refractivity contribution in [1.29, 1.82) is 0 Å². The number of hydrogen-bond acceptors (Lipinski definition) is 3. The summed E-state index contributed by atoms with van der Waals surface area (Å²) < 4.78 is 11.3. The van der Waals surface area contributed by atoms with Crippen molar-refractivity contribution in [2.24, 2.45) is 0 Å². The van der Waals surface area contributed by atoms with Crippen molar-refractivity contribution in [3.63, 3.8) is 0 Å². The molecule has 1 aromatic carbocycles. The molecular formula is C17H26O3Si. The number of carbonyl (C=O) groups excluding carboxylic acids is 1. The van der Waals surface area contributed by atoms with E-state index in [4.69, 9.17) is 9.16 Å². The van der Waals surface area contributed by atoms with Crippen LogP contribution in [-0.2, 0) is 14.0 Å². The van der Waals surface area contributed by atoms with Gasteiger partial charge in [-0.2, -0.15) is 0 Å². The van der Waals surface area contributed by atoms with E-state index >= 15 is 0 Å². The summed E-state index contributed by atoms with van der Waals surface area (Å²) in [5, 5.41) is 0. The van der Waals surface area contributed by atoms with E-state index in [1.165, 1.54) is 7.11 Å². The van der Waals surface area contributed by atoms with Crippen molar-refractivity contribution < 1.29 is 14.0 Å². The van der Waals surface area contributed by atoms with Crippen LogP contribution < -0.4 is 0 Å². The quantitative estimate of drug-likeness (QED) is 0.403. The smallest absolute Gasteiger partial charge is 0.336 e. The van der Waals surface area contributed by atoms with E-state index < -0.39 is 20.4 Å². The van der Waals surface area contributed by atoms with Gasteiger partial charge in [0, 0.05) is 0 Å². The molecule has 0 spiro atoms. The van der Waals surface area contributed by atoms with Gasteiger partial charge in [-0.25, -0.2) is 4.79 Å². The maximum absolute atomic E-state index is 11.9. The number of hydrogen-bond donors (Lipinski definition) is 0. The van der Waals surface area contributed by atoms with E-state index in [0.717, 1.165) is 23.7 Å². The molecule has 0 amide bonds. The first-order chi connectivity index (χ1) is 10.0. The highest BCUT2D eigenvalue weighted by Crippen LogP contribution is 2.34. The fourth-order valence-corrected chi connectivity index (χ4v) is 5.23. The molecule has 0 heterocycles. The van der Waals surface area contributed by atoms with Crippen LogP contribution in [0.25, 0.3) is 0 Å². The number of rotatable bonds is 8. The van der Waals surface area contributed by atoms with Gasteiger partial charge >= 0.3 is 5.97 Å². The zero-order valence-corrected chi connectivity index (χ0v) is 14.5. The third-order valence-electron chi connectivity index (χ3n) is 4.17. The van der Waals surface area contributed by atoms with Gasteiger partial charge in [-0.3, -0.25) is 0 Å². The van der Waals surface area contributed by atoms with Gasteiger partial charge < -0.3 is 9.16 Å². The summed E-state index contributed by atoms with van der Waals surface area (Å²) in [5.74, 6) is -0.407. The van der Waals surface area contributed by atoms with E-state index in [2.05, 4.69) is 27.4 Å². The normalized spacial score (nSPS) is 12.8. The lowest BCUT2D eigenvalue weighted by Gasteiger charge is -2.33. The number of carbonyl (C=O) groups is 1. The SMILES string of the molecule is C=C(C(=O)OC)C(O[Si](CC)(CC)CC)c1ccccc1. The summed E-state index contributed by atoms with van der Waals surface area (Å²) in [6.07, 6.45) is -0.412. The fraction of sp³-hybridized carbons (Fsp3) is 0.471. The molecule has 4 heteroatoms. The molecule has 0 saturated heterocycles. The van der Waals surface area contributed by atoms with Crippen LogP contribution in [0.3, 0.4) is 0 Å². The highest BCUT2D eigenvalue weighted by molar-refractivity contribution is 6.73. The Morgan fingerprint density at radius 2 is 1.67 bits per heavy atom. The zero-order valence-electron chi connectivity index (χ0n) is 13.5. The molecule has 0 aliphatic rings. The van der Waals surface area contributed by atoms with Crippen LogP contribution in [0.4, 0.5) is 0 Å². The van der Waals surface area contributed by atoms with E-state index in [0.29, 0.717) is 5.57 Å². The van der Waals surface area contributed by atoms with Crippen molar-refractivity contribution in [1.82, 2.24) is 0 Å². The average Bonchev–Trinajstić information content (AvgIpc) is 2.56. The number of benzene rings is 1. The fourth-order valence-electron chi connectivity index (χ4n) is 2.46. The molecule has 0 aromatic heterocycles. The van der Waals surface area contributed by atoms with Crippen LogP contribution in [0.15, 0.2) is 42.5 Å². The lowest BCUT2D eigenvalue weighted by Crippen LogP contribution is -2.38. The Morgan fingerprint density at radius 3 is 2.10 bits per heavy atom. The second-order valence-electron chi connectivity index (χ2n) is 5.17. The van der Waals surface area contributed by atoms with Gasteiger partial charge in [0.25, 0.3) is 0 Å². The molecule has 0 bridgehead atoms. The van der Waals surface area contributed by atoms with Crippen LogP contribution in [-0.4, -0.2) is 21.4 Å². The van der Waals surface area contributed by atoms with Crippen LogP contribution in [0.2, 0.25) is 18.1 Å². The molecule has 0 aliphatic carbocycles. The summed E-state index contributed by atoms with van der Waals surface area (Å²) >= 11 is 0. The van der Waals surface area contributed by atoms with E-state index in [1.807, 2.05) is 30.3 Å². The molecule has 21 heavy (non-hydrogen) atoms. The van der Waals surface area contributed by atoms with Crippen LogP contribution in [0, 0.1) is 0 Å². The van der Waals surface area contributed by atoms with Crippen molar-refractivity contribution in [3.05, 3.63) is 48.0 Å². The Kier molecular flexibility index (Phi) is 6.85. The molecule has 1 aromatic rings. The van der Waals surface area contributed by atoms with Crippen molar-refractivity contribution in [3.8, 4) is 0 Å². The van der Waals surface area contributed by atoms with Crippen molar-refractivity contribution in [2.75, 3.05) is 7.11 Å². The number of methoxy groups -OCH3 is 1. The zero-order chi connectivity index (χ0) is 15.9. The van der Waals surface area contributed by atoms with Gasteiger partial charge in [0.05, 0.1) is 12.7 Å². The molecule has 116 valence electrons. The molecule has 1 atom stereocenters. The molecule has 1 rings (SSSR count). The lowest BCUT2D eigenvalue weighted by atomic mass is 10.0. The van der Waals surface area contributed by atoms with Gasteiger partial charge in [-0.15, -0.1) is 0 Å². The Labute approximate surface area is 129 Å². The van der Waals surface area contributed by atoms with Gasteiger partial charge in [0.1, 0.15) is 6.10 Å². The predicted molar refractivity (Wildman–Crippen MR) is 88.6 cm³/mol. The second kappa shape index (κ2) is 8.15. The maximum atomic E-state index is 11.9. The van der Waals surface area contributed by atoms with Crippen molar-refractivity contribution in [2.45, 2.75) is 45.0 Å². The molecular weight excluding hydrogens is 280 g/mol. The van der Waals surface area contributed by atoms with Gasteiger partial charge in [0.2, 0.25) is 0 Å². The first-order valence-electron chi connectivity index (χ1n) is 7.53. The minimum absolute atomic E-state index is 0.371. The van der Waals surface area contributed by atoms with Crippen LogP contribution in [0.1, 0.15) is 32.4 Å². The molecule has 0 N–H and O–H groups in total. The molecule has 1 unspecified atom stereocenters. The first kappa shape index (κ1) is 17.7. The molecule has 0 fully saturated rings. The van der Waals surface area contributed by atoms with Crippen LogP contribution in [0.5, 0.6) is 0 Å². The van der Waals surface area contributed by atoms with Crippen LogP contribution >= 0.6 is 0 Å².